The molecular formula is C50H49BN2. The highest BCUT2D eigenvalue weighted by molar-refractivity contribution is 7.00. The summed E-state index contributed by atoms with van der Waals surface area (Å²) >= 11 is 0. The molecule has 2 heterocycles. The Labute approximate surface area is 316 Å². The molecule has 0 aliphatic carbocycles. The van der Waals surface area contributed by atoms with Gasteiger partial charge in [0.25, 0.3) is 6.71 Å². The first-order valence-electron chi connectivity index (χ1n) is 19.2. The molecule has 0 spiro atoms. The molecule has 7 aromatic rings. The molecule has 2 aliphatic rings. The van der Waals surface area contributed by atoms with Crippen molar-refractivity contribution in [1.82, 2.24) is 0 Å². The number of fused-ring (bicyclic) bond motifs is 8. The fourth-order valence-corrected chi connectivity index (χ4v) is 8.71. The minimum Gasteiger partial charge on any atom is -0.311 e. The number of hydrogen-bond acceptors (Lipinski definition) is 2. The van der Waals surface area contributed by atoms with E-state index in [1.165, 1.54) is 88.7 Å². The van der Waals surface area contributed by atoms with E-state index in [1.807, 2.05) is 0 Å². The van der Waals surface area contributed by atoms with E-state index in [1.54, 1.807) is 0 Å². The van der Waals surface area contributed by atoms with Gasteiger partial charge < -0.3 is 9.80 Å². The van der Waals surface area contributed by atoms with Crippen LogP contribution in [0.4, 0.5) is 34.1 Å². The SMILES string of the molecule is CC(C)(C)c1ccc(N2c3cc(C(C)(C)C)cc4c3B(c3ccc5ccccc5c32)c2ccc3ccccc3c2N4c2ccc(C(C)(C)C)cc2)cc1. The fourth-order valence-electron chi connectivity index (χ4n) is 8.71. The molecule has 0 saturated carbocycles. The van der Waals surface area contributed by atoms with Crippen LogP contribution in [0.25, 0.3) is 21.5 Å². The van der Waals surface area contributed by atoms with Crippen LogP contribution >= 0.6 is 0 Å². The topological polar surface area (TPSA) is 6.48 Å². The lowest BCUT2D eigenvalue weighted by molar-refractivity contribution is 0.590. The van der Waals surface area contributed by atoms with Crippen LogP contribution in [-0.2, 0) is 16.2 Å². The second-order valence-corrected chi connectivity index (χ2v) is 18.3. The van der Waals surface area contributed by atoms with Crippen LogP contribution in [0.1, 0.15) is 79.0 Å². The zero-order valence-electron chi connectivity index (χ0n) is 32.7. The third-order valence-corrected chi connectivity index (χ3v) is 11.7. The maximum atomic E-state index is 2.58. The van der Waals surface area contributed by atoms with Crippen molar-refractivity contribution < 1.29 is 0 Å². The quantitative estimate of drug-likeness (QED) is 0.167. The summed E-state index contributed by atoms with van der Waals surface area (Å²) in [5, 5.41) is 5.07. The highest BCUT2D eigenvalue weighted by Gasteiger charge is 2.45. The molecule has 0 bridgehead atoms. The third kappa shape index (κ3) is 5.31. The maximum Gasteiger partial charge on any atom is 0.252 e. The van der Waals surface area contributed by atoms with Crippen molar-refractivity contribution >= 4 is 78.8 Å². The van der Waals surface area contributed by atoms with Gasteiger partial charge in [-0.05, 0) is 96.5 Å². The Morgan fingerprint density at radius 1 is 0.396 bits per heavy atom. The van der Waals surface area contributed by atoms with Gasteiger partial charge in [0.2, 0.25) is 0 Å². The lowest BCUT2D eigenvalue weighted by atomic mass is 9.33. The van der Waals surface area contributed by atoms with Crippen LogP contribution in [0, 0.1) is 0 Å². The van der Waals surface area contributed by atoms with Crippen molar-refractivity contribution in [1.29, 1.82) is 0 Å². The van der Waals surface area contributed by atoms with Crippen molar-refractivity contribution in [2.75, 3.05) is 9.80 Å². The summed E-state index contributed by atoms with van der Waals surface area (Å²) in [5.41, 5.74) is 15.6. The Morgan fingerprint density at radius 3 is 1.15 bits per heavy atom. The molecule has 0 atom stereocenters. The minimum absolute atomic E-state index is 0.0587. The lowest BCUT2D eigenvalue weighted by Gasteiger charge is -2.46. The number of benzene rings is 7. The van der Waals surface area contributed by atoms with Gasteiger partial charge in [0.1, 0.15) is 0 Å². The smallest absolute Gasteiger partial charge is 0.252 e. The number of hydrogen-bond donors (Lipinski definition) is 0. The van der Waals surface area contributed by atoms with Crippen molar-refractivity contribution in [3.63, 3.8) is 0 Å². The molecule has 2 aliphatic heterocycles. The summed E-state index contributed by atoms with van der Waals surface area (Å²) in [4.78, 5) is 5.17. The van der Waals surface area contributed by atoms with Crippen LogP contribution in [0.3, 0.4) is 0 Å². The van der Waals surface area contributed by atoms with E-state index in [9.17, 15) is 0 Å². The molecule has 0 unspecified atom stereocenters. The highest BCUT2D eigenvalue weighted by Crippen LogP contribution is 2.49. The number of rotatable bonds is 2. The third-order valence-electron chi connectivity index (χ3n) is 11.7. The van der Waals surface area contributed by atoms with Crippen LogP contribution < -0.4 is 26.2 Å². The summed E-state index contributed by atoms with van der Waals surface area (Å²) in [6.45, 7) is 20.9. The average Bonchev–Trinajstić information content (AvgIpc) is 3.13. The monoisotopic (exact) mass is 688 g/mol. The van der Waals surface area contributed by atoms with Gasteiger partial charge in [0, 0.05) is 44.9 Å². The molecule has 7 aromatic carbocycles. The first-order chi connectivity index (χ1) is 25.2. The predicted octanol–water partition coefficient (Wildman–Crippen LogP) is 12.0. The average molecular weight is 689 g/mol. The van der Waals surface area contributed by atoms with E-state index in [0.29, 0.717) is 0 Å². The molecule has 0 fully saturated rings. The van der Waals surface area contributed by atoms with Crippen molar-refractivity contribution in [3.8, 4) is 0 Å². The van der Waals surface area contributed by atoms with E-state index in [-0.39, 0.29) is 23.0 Å². The van der Waals surface area contributed by atoms with Gasteiger partial charge in [-0.2, -0.15) is 0 Å². The second-order valence-electron chi connectivity index (χ2n) is 18.3. The molecule has 0 radical (unpaired) electrons. The Kier molecular flexibility index (Phi) is 7.35. The van der Waals surface area contributed by atoms with Crippen LogP contribution in [0.5, 0.6) is 0 Å². The van der Waals surface area contributed by atoms with Crippen LogP contribution in [0.2, 0.25) is 0 Å². The Morgan fingerprint density at radius 2 is 0.774 bits per heavy atom. The van der Waals surface area contributed by atoms with Gasteiger partial charge in [0.15, 0.2) is 0 Å². The van der Waals surface area contributed by atoms with Gasteiger partial charge in [-0.25, -0.2) is 0 Å². The Bertz CT molecular complexity index is 2390. The Hall–Kier alpha value is -5.28. The zero-order chi connectivity index (χ0) is 37.0. The summed E-state index contributed by atoms with van der Waals surface area (Å²) in [6.07, 6.45) is 0. The van der Waals surface area contributed by atoms with Crippen LogP contribution in [0.15, 0.2) is 133 Å². The molecule has 0 N–H and O–H groups in total. The van der Waals surface area contributed by atoms with E-state index in [2.05, 4.69) is 206 Å². The zero-order valence-corrected chi connectivity index (χ0v) is 32.7. The molecule has 0 amide bonds. The summed E-state index contributed by atoms with van der Waals surface area (Å²) in [6, 6.07) is 51.1. The first kappa shape index (κ1) is 33.6. The van der Waals surface area contributed by atoms with Gasteiger partial charge >= 0.3 is 0 Å². The molecular weight excluding hydrogens is 639 g/mol. The van der Waals surface area contributed by atoms with Gasteiger partial charge in [-0.15, -0.1) is 0 Å². The second kappa shape index (κ2) is 11.6. The largest absolute Gasteiger partial charge is 0.311 e. The summed E-state index contributed by atoms with van der Waals surface area (Å²) in [5.74, 6) is 0. The number of anilines is 6. The maximum absolute atomic E-state index is 2.58. The van der Waals surface area contributed by atoms with Gasteiger partial charge in [-0.1, -0.05) is 159 Å². The van der Waals surface area contributed by atoms with E-state index in [4.69, 9.17) is 0 Å². The first-order valence-corrected chi connectivity index (χ1v) is 19.2. The summed E-state index contributed by atoms with van der Waals surface area (Å²) in [7, 11) is 0. The van der Waals surface area contributed by atoms with Crippen LogP contribution in [-0.4, -0.2) is 6.71 Å². The molecule has 3 heteroatoms. The standard InChI is InChI=1S/C50H49BN2/c1-48(2,3)34-20-24-37(25-21-34)52-43-30-36(50(7,8)9)31-44-45(43)51(41-28-18-32-14-10-12-16-39(32)46(41)52)42-29-19-33-15-11-13-17-40(33)47(42)53(44)38-26-22-35(23-27-38)49(4,5)6/h10-31H,1-9H3. The predicted molar refractivity (Wildman–Crippen MR) is 232 cm³/mol. The van der Waals surface area contributed by atoms with Crippen molar-refractivity contribution in [3.05, 3.63) is 150 Å². The van der Waals surface area contributed by atoms with Crippen molar-refractivity contribution in [2.45, 2.75) is 78.6 Å². The highest BCUT2D eigenvalue weighted by atomic mass is 15.2. The van der Waals surface area contributed by atoms with E-state index >= 15 is 0 Å². The summed E-state index contributed by atoms with van der Waals surface area (Å²) < 4.78 is 0. The molecule has 0 saturated heterocycles. The van der Waals surface area contributed by atoms with Gasteiger partial charge in [-0.3, -0.25) is 0 Å². The molecule has 262 valence electrons. The van der Waals surface area contributed by atoms with Crippen molar-refractivity contribution in [2.24, 2.45) is 0 Å². The molecule has 53 heavy (non-hydrogen) atoms. The minimum atomic E-state index is -0.0807. The number of nitrogens with zero attached hydrogens (tertiary/aromatic N) is 2. The Balaban J connectivity index is 1.43. The van der Waals surface area contributed by atoms with Gasteiger partial charge in [0.05, 0.1) is 0 Å². The molecule has 0 aromatic heterocycles. The lowest BCUT2D eigenvalue weighted by Crippen LogP contribution is -2.61. The molecule has 2 nitrogen and oxygen atoms in total. The molecule has 9 rings (SSSR count). The normalized spacial score (nSPS) is 14.0. The fraction of sp³-hybridized carbons (Fsp3) is 0.240. The van der Waals surface area contributed by atoms with E-state index in [0.717, 1.165) is 0 Å². The van der Waals surface area contributed by atoms with E-state index < -0.39 is 0 Å².